The zero-order valence-electron chi connectivity index (χ0n) is 17.1. The van der Waals surface area contributed by atoms with Gasteiger partial charge in [-0.2, -0.15) is 0 Å². The minimum absolute atomic E-state index is 0.0410. The Kier molecular flexibility index (Phi) is 5.33. The molecule has 1 fully saturated rings. The van der Waals surface area contributed by atoms with Crippen LogP contribution in [0.1, 0.15) is 22.9 Å². The van der Waals surface area contributed by atoms with Crippen LogP contribution in [-0.2, 0) is 16.1 Å². The molecule has 1 N–H and O–H groups in total. The number of ketones is 1. The molecule has 2 aromatic carbocycles. The van der Waals surface area contributed by atoms with Crippen LogP contribution in [0, 0.1) is 5.82 Å². The number of benzene rings is 2. The van der Waals surface area contributed by atoms with E-state index in [0.717, 1.165) is 5.69 Å². The second kappa shape index (κ2) is 8.10. The van der Waals surface area contributed by atoms with Gasteiger partial charge >= 0.3 is 0 Å². The first-order valence-corrected chi connectivity index (χ1v) is 9.71. The van der Waals surface area contributed by atoms with Gasteiger partial charge in [0.2, 0.25) is 0 Å². The van der Waals surface area contributed by atoms with Gasteiger partial charge in [0.1, 0.15) is 17.3 Å². The lowest BCUT2D eigenvalue weighted by Crippen LogP contribution is -2.29. The highest BCUT2D eigenvalue weighted by atomic mass is 19.1. The summed E-state index contributed by atoms with van der Waals surface area (Å²) in [5.74, 6) is -1.83. The average molecular weight is 420 g/mol. The first-order chi connectivity index (χ1) is 14.9. The van der Waals surface area contributed by atoms with Gasteiger partial charge in [-0.25, -0.2) is 4.39 Å². The molecule has 0 spiro atoms. The Hall–Kier alpha value is -3.87. The number of halogens is 1. The maximum Gasteiger partial charge on any atom is 0.296 e. The van der Waals surface area contributed by atoms with E-state index in [1.54, 1.807) is 12.1 Å². The van der Waals surface area contributed by atoms with Gasteiger partial charge in [0.25, 0.3) is 11.7 Å². The minimum atomic E-state index is -0.814. The van der Waals surface area contributed by atoms with Gasteiger partial charge in [-0.05, 0) is 54.1 Å². The number of amides is 1. The molecule has 1 unspecified atom stereocenters. The second-order valence-corrected chi connectivity index (χ2v) is 7.50. The summed E-state index contributed by atoms with van der Waals surface area (Å²) in [5.41, 5.74) is 1.83. The van der Waals surface area contributed by atoms with E-state index in [2.05, 4.69) is 0 Å². The van der Waals surface area contributed by atoms with E-state index < -0.39 is 23.5 Å². The zero-order valence-corrected chi connectivity index (χ0v) is 17.1. The summed E-state index contributed by atoms with van der Waals surface area (Å²) < 4.78 is 18.7. The van der Waals surface area contributed by atoms with Crippen LogP contribution in [0.15, 0.2) is 76.9 Å². The van der Waals surface area contributed by atoms with Crippen molar-refractivity contribution in [1.29, 1.82) is 0 Å². The van der Waals surface area contributed by atoms with Gasteiger partial charge < -0.3 is 19.3 Å². The van der Waals surface area contributed by atoms with Crippen LogP contribution in [0.5, 0.6) is 0 Å². The van der Waals surface area contributed by atoms with Crippen molar-refractivity contribution in [2.75, 3.05) is 19.0 Å². The van der Waals surface area contributed by atoms with Crippen molar-refractivity contribution in [3.05, 3.63) is 95.2 Å². The van der Waals surface area contributed by atoms with Crippen LogP contribution in [-0.4, -0.2) is 35.8 Å². The maximum absolute atomic E-state index is 13.3. The number of Topliss-reactive ketones (excluding diaryl/α,β-unsaturated/α-hetero) is 1. The largest absolute Gasteiger partial charge is 0.507 e. The minimum Gasteiger partial charge on any atom is -0.507 e. The van der Waals surface area contributed by atoms with E-state index in [1.165, 1.54) is 35.4 Å². The molecule has 2 heterocycles. The third-order valence-corrected chi connectivity index (χ3v) is 5.29. The van der Waals surface area contributed by atoms with E-state index in [1.807, 2.05) is 43.3 Å². The van der Waals surface area contributed by atoms with E-state index in [-0.39, 0.29) is 23.4 Å². The monoisotopic (exact) mass is 420 g/mol. The number of anilines is 1. The first-order valence-electron chi connectivity index (χ1n) is 9.71. The highest BCUT2D eigenvalue weighted by Gasteiger charge is 2.46. The first kappa shape index (κ1) is 20.4. The lowest BCUT2D eigenvalue weighted by atomic mass is 9.95. The van der Waals surface area contributed by atoms with Gasteiger partial charge in [-0.3, -0.25) is 9.59 Å². The average Bonchev–Trinajstić information content (AvgIpc) is 3.36. The summed E-state index contributed by atoms with van der Waals surface area (Å²) in [6.07, 6.45) is 1.49. The molecule has 6 nitrogen and oxygen atoms in total. The number of rotatable bonds is 5. The molecule has 0 radical (unpaired) electrons. The molecule has 1 atom stereocenters. The number of nitrogens with zero attached hydrogens (tertiary/aromatic N) is 2. The number of aliphatic hydroxyl groups is 1. The Morgan fingerprint density at radius 1 is 1.06 bits per heavy atom. The fraction of sp³-hybridized carbons (Fsp3) is 0.167. The highest BCUT2D eigenvalue weighted by molar-refractivity contribution is 6.46. The molecular weight excluding hydrogens is 399 g/mol. The molecule has 3 aromatic rings. The molecule has 31 heavy (non-hydrogen) atoms. The molecule has 158 valence electrons. The summed E-state index contributed by atoms with van der Waals surface area (Å²) in [7, 11) is 3.82. The number of hydrogen-bond donors (Lipinski definition) is 1. The van der Waals surface area contributed by atoms with Gasteiger partial charge in [-0.1, -0.05) is 12.1 Å². The van der Waals surface area contributed by atoms with Crippen molar-refractivity contribution in [1.82, 2.24) is 4.90 Å². The fourth-order valence-electron chi connectivity index (χ4n) is 3.68. The third-order valence-electron chi connectivity index (χ3n) is 5.29. The summed E-state index contributed by atoms with van der Waals surface area (Å²) >= 11 is 0. The number of likely N-dealkylation sites (tertiary alicyclic amines) is 1. The lowest BCUT2D eigenvalue weighted by molar-refractivity contribution is -0.140. The fourth-order valence-corrected chi connectivity index (χ4v) is 3.68. The summed E-state index contributed by atoms with van der Waals surface area (Å²) in [4.78, 5) is 29.2. The van der Waals surface area contributed by atoms with Gasteiger partial charge in [-0.15, -0.1) is 0 Å². The van der Waals surface area contributed by atoms with Crippen LogP contribution >= 0.6 is 0 Å². The molecule has 1 amide bonds. The molecule has 0 saturated carbocycles. The van der Waals surface area contributed by atoms with Crippen LogP contribution in [0.2, 0.25) is 0 Å². The predicted octanol–water partition coefficient (Wildman–Crippen LogP) is 4.11. The van der Waals surface area contributed by atoms with Crippen molar-refractivity contribution in [2.45, 2.75) is 12.6 Å². The van der Waals surface area contributed by atoms with Crippen LogP contribution in [0.4, 0.5) is 10.1 Å². The number of aliphatic hydroxyl groups excluding tert-OH is 1. The quantitative estimate of drug-likeness (QED) is 0.382. The highest BCUT2D eigenvalue weighted by Crippen LogP contribution is 2.40. The predicted molar refractivity (Wildman–Crippen MR) is 114 cm³/mol. The smallest absolute Gasteiger partial charge is 0.296 e. The third kappa shape index (κ3) is 3.82. The maximum atomic E-state index is 13.3. The number of carbonyl (C=O) groups is 2. The SMILES string of the molecule is CN(C)c1ccc(C2/C(=C(/O)c3ccc(F)cc3)C(=O)C(=O)N2Cc2ccco2)cc1. The van der Waals surface area contributed by atoms with E-state index in [9.17, 15) is 19.1 Å². The molecular formula is C24H21FN2O4. The van der Waals surface area contributed by atoms with Crippen molar-refractivity contribution in [3.63, 3.8) is 0 Å². The topological polar surface area (TPSA) is 74.0 Å². The van der Waals surface area contributed by atoms with E-state index >= 15 is 0 Å². The molecule has 0 bridgehead atoms. The molecule has 1 saturated heterocycles. The normalized spacial score (nSPS) is 17.9. The van der Waals surface area contributed by atoms with Crippen LogP contribution in [0.25, 0.3) is 5.76 Å². The second-order valence-electron chi connectivity index (χ2n) is 7.50. The van der Waals surface area contributed by atoms with Gasteiger partial charge in [0.15, 0.2) is 0 Å². The molecule has 0 aliphatic carbocycles. The Labute approximate surface area is 178 Å². The van der Waals surface area contributed by atoms with E-state index in [0.29, 0.717) is 11.3 Å². The number of furan rings is 1. The molecule has 1 aliphatic heterocycles. The van der Waals surface area contributed by atoms with Crippen molar-refractivity contribution >= 4 is 23.1 Å². The van der Waals surface area contributed by atoms with Crippen molar-refractivity contribution in [3.8, 4) is 0 Å². The van der Waals surface area contributed by atoms with Crippen molar-refractivity contribution < 1.29 is 23.5 Å². The van der Waals surface area contributed by atoms with E-state index in [4.69, 9.17) is 4.42 Å². The molecule has 1 aliphatic rings. The number of carbonyl (C=O) groups excluding carboxylic acids is 2. The summed E-state index contributed by atoms with van der Waals surface area (Å²) in [5, 5.41) is 10.9. The Morgan fingerprint density at radius 2 is 1.74 bits per heavy atom. The zero-order chi connectivity index (χ0) is 22.1. The summed E-state index contributed by atoms with van der Waals surface area (Å²) in [6.45, 7) is 0.0673. The Morgan fingerprint density at radius 3 is 2.32 bits per heavy atom. The Bertz CT molecular complexity index is 1130. The lowest BCUT2D eigenvalue weighted by Gasteiger charge is -2.25. The van der Waals surface area contributed by atoms with Crippen molar-refractivity contribution in [2.24, 2.45) is 0 Å². The Balaban J connectivity index is 1.84. The van der Waals surface area contributed by atoms with Crippen LogP contribution < -0.4 is 4.90 Å². The van der Waals surface area contributed by atoms with Crippen LogP contribution in [0.3, 0.4) is 0 Å². The summed E-state index contributed by atoms with van der Waals surface area (Å²) in [6, 6.07) is 15.1. The molecule has 1 aromatic heterocycles. The standard InChI is InChI=1S/C24H21FN2O4/c1-26(2)18-11-7-15(8-12-18)21-20(22(28)16-5-9-17(25)10-6-16)23(29)24(30)27(21)14-19-4-3-13-31-19/h3-13,21,28H,14H2,1-2H3/b22-20-. The molecule has 4 rings (SSSR count). The van der Waals surface area contributed by atoms with Gasteiger partial charge in [0, 0.05) is 25.3 Å². The van der Waals surface area contributed by atoms with Gasteiger partial charge in [0.05, 0.1) is 24.4 Å². The molecule has 7 heteroatoms. The number of hydrogen-bond acceptors (Lipinski definition) is 5.